The molecule has 24 heavy (non-hydrogen) atoms. The third kappa shape index (κ3) is 5.07. The molecule has 0 radical (unpaired) electrons. The van der Waals surface area contributed by atoms with Gasteiger partial charge in [0.1, 0.15) is 5.75 Å². The molecular formula is C17H20N2O4S. The van der Waals surface area contributed by atoms with Crippen molar-refractivity contribution >= 4 is 15.9 Å². The number of carbonyl (C=O) groups is 1. The molecule has 2 aromatic rings. The van der Waals surface area contributed by atoms with E-state index in [0.717, 1.165) is 11.1 Å². The molecule has 0 aliphatic heterocycles. The van der Waals surface area contributed by atoms with E-state index in [9.17, 15) is 13.2 Å². The number of nitrogens with two attached hydrogens (primary N) is 1. The Morgan fingerprint density at radius 2 is 1.88 bits per heavy atom. The monoisotopic (exact) mass is 348 g/mol. The lowest BCUT2D eigenvalue weighted by molar-refractivity contribution is -0.123. The topological polar surface area (TPSA) is 98.5 Å². The molecule has 0 fully saturated rings. The van der Waals surface area contributed by atoms with E-state index < -0.39 is 10.0 Å². The molecule has 3 N–H and O–H groups in total. The van der Waals surface area contributed by atoms with E-state index in [-0.39, 0.29) is 23.5 Å². The Morgan fingerprint density at radius 1 is 1.21 bits per heavy atom. The molecule has 0 heterocycles. The van der Waals surface area contributed by atoms with Gasteiger partial charge in [-0.25, -0.2) is 13.6 Å². The molecular weight excluding hydrogens is 328 g/mol. The minimum absolute atomic E-state index is 0.0348. The summed E-state index contributed by atoms with van der Waals surface area (Å²) >= 11 is 0. The molecule has 0 saturated heterocycles. The second-order valence-corrected chi connectivity index (χ2v) is 7.07. The Bertz CT molecular complexity index is 817. The van der Waals surface area contributed by atoms with Gasteiger partial charge in [-0.3, -0.25) is 4.79 Å². The average molecular weight is 348 g/mol. The van der Waals surface area contributed by atoms with Crippen molar-refractivity contribution in [2.45, 2.75) is 24.8 Å². The molecule has 0 aliphatic rings. The number of primary sulfonamides is 1. The molecule has 0 aromatic heterocycles. The van der Waals surface area contributed by atoms with Gasteiger partial charge in [0.2, 0.25) is 10.0 Å². The van der Waals surface area contributed by atoms with Gasteiger partial charge >= 0.3 is 0 Å². The van der Waals surface area contributed by atoms with Crippen LogP contribution >= 0.6 is 0 Å². The van der Waals surface area contributed by atoms with Gasteiger partial charge in [0.05, 0.1) is 10.9 Å². The molecule has 1 amide bonds. The normalized spacial score (nSPS) is 12.5. The highest BCUT2D eigenvalue weighted by molar-refractivity contribution is 7.89. The number of hydrogen-bond donors (Lipinski definition) is 2. The molecule has 2 aromatic carbocycles. The van der Waals surface area contributed by atoms with E-state index in [0.29, 0.717) is 5.75 Å². The van der Waals surface area contributed by atoms with Gasteiger partial charge < -0.3 is 10.1 Å². The lowest BCUT2D eigenvalue weighted by Crippen LogP contribution is -2.31. The number of rotatable bonds is 6. The van der Waals surface area contributed by atoms with Crippen LogP contribution in [0.1, 0.15) is 24.1 Å². The van der Waals surface area contributed by atoms with Crippen LogP contribution in [0.2, 0.25) is 0 Å². The zero-order valence-corrected chi connectivity index (χ0v) is 14.3. The van der Waals surface area contributed by atoms with Gasteiger partial charge in [-0.05, 0) is 49.2 Å². The van der Waals surface area contributed by atoms with Gasteiger partial charge in [0.15, 0.2) is 6.61 Å². The predicted octanol–water partition coefficient (Wildman–Crippen LogP) is 1.90. The first-order valence-electron chi connectivity index (χ1n) is 7.37. The SMILES string of the molecule is Cc1cccc(OCC(=O)NC(C)c2ccc(S(N)(=O)=O)cc2)c1. The van der Waals surface area contributed by atoms with E-state index in [2.05, 4.69) is 5.32 Å². The molecule has 0 aliphatic carbocycles. The van der Waals surface area contributed by atoms with Crippen molar-refractivity contribution in [3.63, 3.8) is 0 Å². The van der Waals surface area contributed by atoms with Gasteiger partial charge in [0, 0.05) is 0 Å². The van der Waals surface area contributed by atoms with Gasteiger partial charge in [-0.15, -0.1) is 0 Å². The summed E-state index contributed by atoms with van der Waals surface area (Å²) in [7, 11) is -3.72. The van der Waals surface area contributed by atoms with Crippen LogP contribution in [0.4, 0.5) is 0 Å². The quantitative estimate of drug-likeness (QED) is 0.833. The maximum absolute atomic E-state index is 12.0. The summed E-state index contributed by atoms with van der Waals surface area (Å²) in [5.74, 6) is 0.370. The lowest BCUT2D eigenvalue weighted by Gasteiger charge is -2.15. The third-order valence-electron chi connectivity index (χ3n) is 3.45. The number of hydrogen-bond acceptors (Lipinski definition) is 4. The minimum atomic E-state index is -3.72. The van der Waals surface area contributed by atoms with Gasteiger partial charge in [-0.1, -0.05) is 24.3 Å². The molecule has 0 saturated carbocycles. The number of amides is 1. The fourth-order valence-corrected chi connectivity index (χ4v) is 2.68. The molecule has 7 heteroatoms. The Kier molecular flexibility index (Phi) is 5.58. The number of ether oxygens (including phenoxy) is 1. The fraction of sp³-hybridized carbons (Fsp3) is 0.235. The van der Waals surface area contributed by atoms with Crippen molar-refractivity contribution in [1.29, 1.82) is 0 Å². The van der Waals surface area contributed by atoms with Crippen molar-refractivity contribution in [1.82, 2.24) is 5.32 Å². The van der Waals surface area contributed by atoms with Gasteiger partial charge in [0.25, 0.3) is 5.91 Å². The first-order valence-corrected chi connectivity index (χ1v) is 8.92. The molecule has 0 spiro atoms. The van der Waals surface area contributed by atoms with Crippen LogP contribution in [0.25, 0.3) is 0 Å². The first-order chi connectivity index (χ1) is 11.3. The summed E-state index contributed by atoms with van der Waals surface area (Å²) in [5.41, 5.74) is 1.82. The Labute approximate surface area is 141 Å². The average Bonchev–Trinajstić information content (AvgIpc) is 2.52. The highest BCUT2D eigenvalue weighted by Gasteiger charge is 2.12. The summed E-state index contributed by atoms with van der Waals surface area (Å²) in [6.45, 7) is 3.65. The van der Waals surface area contributed by atoms with E-state index in [1.165, 1.54) is 12.1 Å². The maximum atomic E-state index is 12.0. The minimum Gasteiger partial charge on any atom is -0.484 e. The fourth-order valence-electron chi connectivity index (χ4n) is 2.17. The molecule has 0 bridgehead atoms. The van der Waals surface area contributed by atoms with E-state index >= 15 is 0 Å². The lowest BCUT2D eigenvalue weighted by atomic mass is 10.1. The van der Waals surface area contributed by atoms with Crippen molar-refractivity contribution in [2.75, 3.05) is 6.61 Å². The summed E-state index contributed by atoms with van der Waals surface area (Å²) in [5, 5.41) is 7.85. The van der Waals surface area contributed by atoms with Crippen LogP contribution in [0.5, 0.6) is 5.75 Å². The highest BCUT2D eigenvalue weighted by atomic mass is 32.2. The zero-order chi connectivity index (χ0) is 17.7. The van der Waals surface area contributed by atoms with Crippen LogP contribution in [-0.4, -0.2) is 20.9 Å². The second kappa shape index (κ2) is 7.46. The first kappa shape index (κ1) is 18.0. The summed E-state index contributed by atoms with van der Waals surface area (Å²) in [4.78, 5) is 12.0. The van der Waals surface area contributed by atoms with Crippen molar-refractivity contribution in [3.8, 4) is 5.75 Å². The number of aryl methyl sites for hydroxylation is 1. The van der Waals surface area contributed by atoms with Crippen LogP contribution in [-0.2, 0) is 14.8 Å². The number of sulfonamides is 1. The molecule has 6 nitrogen and oxygen atoms in total. The smallest absolute Gasteiger partial charge is 0.258 e. The van der Waals surface area contributed by atoms with Crippen LogP contribution in [0, 0.1) is 6.92 Å². The number of carbonyl (C=O) groups excluding carboxylic acids is 1. The summed E-state index contributed by atoms with van der Waals surface area (Å²) in [6.07, 6.45) is 0. The zero-order valence-electron chi connectivity index (χ0n) is 13.5. The molecule has 1 unspecified atom stereocenters. The predicted molar refractivity (Wildman–Crippen MR) is 91.0 cm³/mol. The number of benzene rings is 2. The van der Waals surface area contributed by atoms with Crippen molar-refractivity contribution in [2.24, 2.45) is 5.14 Å². The van der Waals surface area contributed by atoms with E-state index in [1.54, 1.807) is 25.1 Å². The van der Waals surface area contributed by atoms with Crippen molar-refractivity contribution in [3.05, 3.63) is 59.7 Å². The van der Waals surface area contributed by atoms with E-state index in [1.807, 2.05) is 25.1 Å². The Hall–Kier alpha value is -2.38. The summed E-state index contributed by atoms with van der Waals surface area (Å²) in [6, 6.07) is 13.2. The standard InChI is InChI=1S/C17H20N2O4S/c1-12-4-3-5-15(10-12)23-11-17(20)19-13(2)14-6-8-16(9-7-14)24(18,21)22/h3-10,13H,11H2,1-2H3,(H,19,20)(H2,18,21,22). The number of nitrogens with one attached hydrogen (secondary N) is 1. The van der Waals surface area contributed by atoms with Crippen LogP contribution in [0.15, 0.2) is 53.4 Å². The largest absolute Gasteiger partial charge is 0.484 e. The second-order valence-electron chi connectivity index (χ2n) is 5.51. The molecule has 2 rings (SSSR count). The maximum Gasteiger partial charge on any atom is 0.258 e. The van der Waals surface area contributed by atoms with Crippen molar-refractivity contribution < 1.29 is 17.9 Å². The highest BCUT2D eigenvalue weighted by Crippen LogP contribution is 2.16. The molecule has 128 valence electrons. The van der Waals surface area contributed by atoms with Crippen LogP contribution < -0.4 is 15.2 Å². The van der Waals surface area contributed by atoms with Gasteiger partial charge in [-0.2, -0.15) is 0 Å². The molecule has 1 atom stereocenters. The Morgan fingerprint density at radius 3 is 2.46 bits per heavy atom. The van der Waals surface area contributed by atoms with Crippen LogP contribution in [0.3, 0.4) is 0 Å². The summed E-state index contributed by atoms with van der Waals surface area (Å²) < 4.78 is 27.9. The Balaban J connectivity index is 1.91. The third-order valence-corrected chi connectivity index (χ3v) is 4.37. The van der Waals surface area contributed by atoms with E-state index in [4.69, 9.17) is 9.88 Å².